The molecule has 0 bridgehead atoms. The summed E-state index contributed by atoms with van der Waals surface area (Å²) in [5.41, 5.74) is 0.891. The molecule has 1 saturated heterocycles. The van der Waals surface area contributed by atoms with E-state index in [-0.39, 0.29) is 23.2 Å². The lowest BCUT2D eigenvalue weighted by Gasteiger charge is -2.22. The maximum absolute atomic E-state index is 12.5. The topological polar surface area (TPSA) is 98.4 Å². The van der Waals surface area contributed by atoms with Gasteiger partial charge in [-0.3, -0.25) is 9.59 Å². The van der Waals surface area contributed by atoms with Crippen molar-refractivity contribution >= 4 is 11.9 Å². The fourth-order valence-electron chi connectivity index (χ4n) is 2.83. The number of carbonyl (C=O) groups is 2. The molecule has 3 rings (SSSR count). The lowest BCUT2D eigenvalue weighted by molar-refractivity contribution is 0.0755. The zero-order chi connectivity index (χ0) is 18.4. The predicted molar refractivity (Wildman–Crippen MR) is 95.6 cm³/mol. The van der Waals surface area contributed by atoms with Crippen molar-refractivity contribution in [2.45, 2.75) is 13.0 Å². The first-order chi connectivity index (χ1) is 12.6. The average Bonchev–Trinajstić information content (AvgIpc) is 2.93. The van der Waals surface area contributed by atoms with Crippen LogP contribution in [0.2, 0.25) is 0 Å². The second kappa shape index (κ2) is 8.28. The smallest absolute Gasteiger partial charge is 0.317 e. The summed E-state index contributed by atoms with van der Waals surface area (Å²) < 4.78 is 0. The van der Waals surface area contributed by atoms with E-state index >= 15 is 0 Å². The Morgan fingerprint density at radius 1 is 1.00 bits per heavy atom. The summed E-state index contributed by atoms with van der Waals surface area (Å²) in [7, 11) is 0. The molecule has 0 radical (unpaired) electrons. The van der Waals surface area contributed by atoms with Gasteiger partial charge in [0.05, 0.1) is 0 Å². The van der Waals surface area contributed by atoms with Gasteiger partial charge >= 0.3 is 6.03 Å². The van der Waals surface area contributed by atoms with Crippen LogP contribution in [0.5, 0.6) is 0 Å². The van der Waals surface area contributed by atoms with Crippen molar-refractivity contribution in [2.24, 2.45) is 0 Å². The van der Waals surface area contributed by atoms with Gasteiger partial charge in [-0.1, -0.05) is 30.3 Å². The molecule has 1 aromatic heterocycles. The van der Waals surface area contributed by atoms with E-state index in [0.717, 1.165) is 5.56 Å². The number of urea groups is 1. The van der Waals surface area contributed by atoms with Crippen LogP contribution in [-0.2, 0) is 6.54 Å². The van der Waals surface area contributed by atoms with E-state index in [0.29, 0.717) is 39.1 Å². The maximum Gasteiger partial charge on any atom is 0.317 e. The van der Waals surface area contributed by atoms with E-state index in [1.807, 2.05) is 30.3 Å². The Hall–Kier alpha value is -3.16. The standard InChI is InChI=1S/C18H21N5O3/c24-16-8-7-15(20-21-16)17(25)22-9-4-10-23(12-11-22)18(26)19-13-14-5-2-1-3-6-14/h1-3,5-8H,4,9-13H2,(H,19,26)(H,21,24). The fraction of sp³-hybridized carbons (Fsp3) is 0.333. The minimum absolute atomic E-state index is 0.134. The molecule has 3 amide bonds. The molecule has 8 nitrogen and oxygen atoms in total. The van der Waals surface area contributed by atoms with Gasteiger partial charge < -0.3 is 15.1 Å². The van der Waals surface area contributed by atoms with Crippen LogP contribution in [0.25, 0.3) is 0 Å². The van der Waals surface area contributed by atoms with Crippen molar-refractivity contribution in [1.29, 1.82) is 0 Å². The third-order valence-electron chi connectivity index (χ3n) is 4.26. The Labute approximate surface area is 150 Å². The molecule has 0 saturated carbocycles. The lowest BCUT2D eigenvalue weighted by atomic mass is 10.2. The number of nitrogens with one attached hydrogen (secondary N) is 2. The summed E-state index contributed by atoms with van der Waals surface area (Å²) in [5.74, 6) is -0.243. The van der Waals surface area contributed by atoms with Crippen molar-refractivity contribution in [1.82, 2.24) is 25.3 Å². The quantitative estimate of drug-likeness (QED) is 0.852. The summed E-state index contributed by atoms with van der Waals surface area (Å²) in [6.45, 7) is 2.49. The van der Waals surface area contributed by atoms with Crippen molar-refractivity contribution < 1.29 is 9.59 Å². The van der Waals surface area contributed by atoms with Gasteiger partial charge in [-0.15, -0.1) is 0 Å². The van der Waals surface area contributed by atoms with Gasteiger partial charge in [-0.05, 0) is 18.1 Å². The number of amides is 3. The summed E-state index contributed by atoms with van der Waals surface area (Å²) in [6, 6.07) is 12.3. The van der Waals surface area contributed by atoms with Crippen LogP contribution >= 0.6 is 0 Å². The Kier molecular flexibility index (Phi) is 5.62. The first-order valence-electron chi connectivity index (χ1n) is 8.55. The van der Waals surface area contributed by atoms with Crippen molar-refractivity contribution in [2.75, 3.05) is 26.2 Å². The number of hydrogen-bond acceptors (Lipinski definition) is 4. The highest BCUT2D eigenvalue weighted by Gasteiger charge is 2.23. The maximum atomic E-state index is 12.5. The monoisotopic (exact) mass is 355 g/mol. The molecule has 0 aliphatic carbocycles. The zero-order valence-electron chi connectivity index (χ0n) is 14.4. The van der Waals surface area contributed by atoms with Crippen LogP contribution in [-0.4, -0.2) is 58.1 Å². The second-order valence-electron chi connectivity index (χ2n) is 6.08. The van der Waals surface area contributed by atoms with E-state index in [2.05, 4.69) is 15.5 Å². The Bertz CT molecular complexity index is 801. The molecule has 0 unspecified atom stereocenters. The third-order valence-corrected chi connectivity index (χ3v) is 4.26. The number of carbonyl (C=O) groups excluding carboxylic acids is 2. The fourth-order valence-corrected chi connectivity index (χ4v) is 2.83. The van der Waals surface area contributed by atoms with E-state index < -0.39 is 0 Å². The minimum Gasteiger partial charge on any atom is -0.335 e. The molecular formula is C18H21N5O3. The van der Waals surface area contributed by atoms with Crippen molar-refractivity contribution in [3.05, 3.63) is 64.1 Å². The van der Waals surface area contributed by atoms with Gasteiger partial charge in [0.2, 0.25) is 0 Å². The lowest BCUT2D eigenvalue weighted by Crippen LogP contribution is -2.42. The molecule has 0 atom stereocenters. The molecule has 8 heteroatoms. The number of hydrogen-bond donors (Lipinski definition) is 2. The number of aromatic amines is 1. The van der Waals surface area contributed by atoms with Crippen LogP contribution < -0.4 is 10.9 Å². The number of nitrogens with zero attached hydrogens (tertiary/aromatic N) is 3. The van der Waals surface area contributed by atoms with Crippen LogP contribution in [0, 0.1) is 0 Å². The Morgan fingerprint density at radius 3 is 2.46 bits per heavy atom. The van der Waals surface area contributed by atoms with E-state index in [9.17, 15) is 14.4 Å². The van der Waals surface area contributed by atoms with E-state index in [4.69, 9.17) is 0 Å². The summed E-state index contributed by atoms with van der Waals surface area (Å²) >= 11 is 0. The first-order valence-corrected chi connectivity index (χ1v) is 8.55. The molecule has 2 aromatic rings. The Balaban J connectivity index is 1.54. The van der Waals surface area contributed by atoms with E-state index in [1.54, 1.807) is 9.80 Å². The van der Waals surface area contributed by atoms with Gasteiger partial charge in [0, 0.05) is 38.8 Å². The molecule has 1 fully saturated rings. The average molecular weight is 355 g/mol. The number of H-pyrrole nitrogens is 1. The van der Waals surface area contributed by atoms with Crippen LogP contribution in [0.15, 0.2) is 47.3 Å². The molecule has 1 aliphatic rings. The molecule has 136 valence electrons. The minimum atomic E-state index is -0.348. The highest BCUT2D eigenvalue weighted by Crippen LogP contribution is 2.07. The molecule has 1 aromatic carbocycles. The summed E-state index contributed by atoms with van der Waals surface area (Å²) in [4.78, 5) is 39.3. The number of rotatable bonds is 3. The zero-order valence-corrected chi connectivity index (χ0v) is 14.4. The number of benzene rings is 1. The van der Waals surface area contributed by atoms with Crippen molar-refractivity contribution in [3.8, 4) is 0 Å². The van der Waals surface area contributed by atoms with Crippen molar-refractivity contribution in [3.63, 3.8) is 0 Å². The normalized spacial score (nSPS) is 14.6. The molecule has 1 aliphatic heterocycles. The van der Waals surface area contributed by atoms with Gasteiger partial charge in [0.15, 0.2) is 0 Å². The van der Waals surface area contributed by atoms with Gasteiger partial charge in [0.25, 0.3) is 11.5 Å². The summed E-state index contributed by atoms with van der Waals surface area (Å²) in [6.07, 6.45) is 0.688. The Morgan fingerprint density at radius 2 is 1.73 bits per heavy atom. The third kappa shape index (κ3) is 4.47. The SMILES string of the molecule is O=C(NCc1ccccc1)N1CCCN(C(=O)c2ccc(=O)[nH]n2)CC1. The number of aromatic nitrogens is 2. The molecule has 2 N–H and O–H groups in total. The van der Waals surface area contributed by atoms with Gasteiger partial charge in [-0.25, -0.2) is 9.89 Å². The molecular weight excluding hydrogens is 334 g/mol. The molecule has 26 heavy (non-hydrogen) atoms. The van der Waals surface area contributed by atoms with Crippen LogP contribution in [0.1, 0.15) is 22.5 Å². The largest absolute Gasteiger partial charge is 0.335 e. The molecule has 2 heterocycles. The predicted octanol–water partition coefficient (Wildman–Crippen LogP) is 0.828. The van der Waals surface area contributed by atoms with Crippen LogP contribution in [0.3, 0.4) is 0 Å². The first kappa shape index (κ1) is 17.7. The van der Waals surface area contributed by atoms with Gasteiger partial charge in [-0.2, -0.15) is 5.10 Å². The highest BCUT2D eigenvalue weighted by atomic mass is 16.2. The molecule has 0 spiro atoms. The van der Waals surface area contributed by atoms with Crippen LogP contribution in [0.4, 0.5) is 4.79 Å². The van der Waals surface area contributed by atoms with E-state index in [1.165, 1.54) is 12.1 Å². The second-order valence-corrected chi connectivity index (χ2v) is 6.08. The highest BCUT2D eigenvalue weighted by molar-refractivity contribution is 5.92. The summed E-state index contributed by atoms with van der Waals surface area (Å²) in [5, 5.41) is 8.96. The van der Waals surface area contributed by atoms with Gasteiger partial charge in [0.1, 0.15) is 5.69 Å².